The normalized spacial score (nSPS) is 20.5. The zero-order valence-corrected chi connectivity index (χ0v) is 16.6. The lowest BCUT2D eigenvalue weighted by Gasteiger charge is -2.23. The van der Waals surface area contributed by atoms with E-state index in [1.165, 1.54) is 18.4 Å². The molecule has 2 aliphatic heterocycles. The summed E-state index contributed by atoms with van der Waals surface area (Å²) in [6.45, 7) is 5.47. The quantitative estimate of drug-likeness (QED) is 0.857. The van der Waals surface area contributed by atoms with Crippen molar-refractivity contribution in [2.75, 3.05) is 26.2 Å². The van der Waals surface area contributed by atoms with Crippen LogP contribution in [0.15, 0.2) is 42.5 Å². The minimum Gasteiger partial charge on any atom is -0.338 e. The van der Waals surface area contributed by atoms with Crippen molar-refractivity contribution in [1.82, 2.24) is 10.2 Å². The summed E-state index contributed by atoms with van der Waals surface area (Å²) in [5.74, 6) is 0.989. The van der Waals surface area contributed by atoms with Crippen LogP contribution in [0.2, 0.25) is 0 Å². The van der Waals surface area contributed by atoms with Gasteiger partial charge in [-0.25, -0.2) is 4.39 Å². The maximum Gasteiger partial charge on any atom is 0.253 e. The molecule has 2 aromatic carbocycles. The molecule has 2 aliphatic rings. The Morgan fingerprint density at radius 2 is 1.86 bits per heavy atom. The fourth-order valence-electron chi connectivity index (χ4n) is 4.52. The van der Waals surface area contributed by atoms with Gasteiger partial charge in [-0.3, -0.25) is 4.79 Å². The number of amides is 1. The SMILES string of the molecule is Cc1ccc(CC2CCN(C(=O)c3ccc(C4CCNCC4)cc3)C2)cc1F. The van der Waals surface area contributed by atoms with Crippen molar-refractivity contribution in [3.05, 3.63) is 70.5 Å². The summed E-state index contributed by atoms with van der Waals surface area (Å²) >= 11 is 0. The Kier molecular flexibility index (Phi) is 5.77. The molecule has 0 saturated carbocycles. The standard InChI is InChI=1S/C24H29FN2O/c1-17-2-3-18(15-23(17)25)14-19-10-13-27(16-19)24(28)22-6-4-20(5-7-22)21-8-11-26-12-9-21/h2-7,15,19,21,26H,8-14,16H2,1H3. The van der Waals surface area contributed by atoms with Crippen molar-refractivity contribution in [2.24, 2.45) is 5.92 Å². The highest BCUT2D eigenvalue weighted by atomic mass is 19.1. The van der Waals surface area contributed by atoms with E-state index in [2.05, 4.69) is 17.4 Å². The van der Waals surface area contributed by atoms with E-state index in [1.54, 1.807) is 13.0 Å². The molecule has 2 saturated heterocycles. The van der Waals surface area contributed by atoms with Gasteiger partial charge in [0.1, 0.15) is 5.82 Å². The number of benzene rings is 2. The third-order valence-corrected chi connectivity index (χ3v) is 6.30. The molecule has 4 rings (SSSR count). The Balaban J connectivity index is 1.35. The molecular formula is C24H29FN2O. The van der Waals surface area contributed by atoms with E-state index in [0.29, 0.717) is 17.4 Å². The first-order valence-electron chi connectivity index (χ1n) is 10.4. The van der Waals surface area contributed by atoms with E-state index < -0.39 is 0 Å². The van der Waals surface area contributed by atoms with E-state index in [-0.39, 0.29) is 11.7 Å². The monoisotopic (exact) mass is 380 g/mol. The van der Waals surface area contributed by atoms with Gasteiger partial charge in [-0.15, -0.1) is 0 Å². The molecule has 1 N–H and O–H groups in total. The first-order chi connectivity index (χ1) is 13.6. The third kappa shape index (κ3) is 4.27. The Bertz CT molecular complexity index is 827. The molecule has 2 fully saturated rings. The highest BCUT2D eigenvalue weighted by Gasteiger charge is 2.27. The number of nitrogens with one attached hydrogen (secondary N) is 1. The summed E-state index contributed by atoms with van der Waals surface area (Å²) < 4.78 is 13.8. The third-order valence-electron chi connectivity index (χ3n) is 6.30. The van der Waals surface area contributed by atoms with Crippen LogP contribution in [-0.2, 0) is 6.42 Å². The van der Waals surface area contributed by atoms with E-state index in [0.717, 1.165) is 50.1 Å². The lowest BCUT2D eigenvalue weighted by molar-refractivity contribution is 0.0787. The number of nitrogens with zero attached hydrogens (tertiary/aromatic N) is 1. The zero-order chi connectivity index (χ0) is 19.5. The van der Waals surface area contributed by atoms with Gasteiger partial charge >= 0.3 is 0 Å². The molecule has 0 aromatic heterocycles. The van der Waals surface area contributed by atoms with Crippen LogP contribution in [0, 0.1) is 18.7 Å². The van der Waals surface area contributed by atoms with Crippen molar-refractivity contribution in [3.63, 3.8) is 0 Å². The first-order valence-corrected chi connectivity index (χ1v) is 10.4. The number of likely N-dealkylation sites (tertiary alicyclic amines) is 1. The van der Waals surface area contributed by atoms with Gasteiger partial charge in [0.25, 0.3) is 5.91 Å². The van der Waals surface area contributed by atoms with E-state index in [1.807, 2.05) is 29.2 Å². The summed E-state index contributed by atoms with van der Waals surface area (Å²) in [4.78, 5) is 14.8. The second-order valence-corrected chi connectivity index (χ2v) is 8.34. The largest absolute Gasteiger partial charge is 0.338 e. The number of hydrogen-bond donors (Lipinski definition) is 1. The van der Waals surface area contributed by atoms with Crippen molar-refractivity contribution in [3.8, 4) is 0 Å². The number of hydrogen-bond acceptors (Lipinski definition) is 2. The van der Waals surface area contributed by atoms with Crippen LogP contribution >= 0.6 is 0 Å². The van der Waals surface area contributed by atoms with E-state index in [4.69, 9.17) is 0 Å². The minimum atomic E-state index is -0.141. The number of carbonyl (C=O) groups excluding carboxylic acids is 1. The van der Waals surface area contributed by atoms with E-state index >= 15 is 0 Å². The second-order valence-electron chi connectivity index (χ2n) is 8.34. The topological polar surface area (TPSA) is 32.3 Å². The van der Waals surface area contributed by atoms with Gasteiger partial charge in [0.15, 0.2) is 0 Å². The molecule has 28 heavy (non-hydrogen) atoms. The van der Waals surface area contributed by atoms with E-state index in [9.17, 15) is 9.18 Å². The summed E-state index contributed by atoms with van der Waals surface area (Å²) in [6, 6.07) is 13.7. The molecule has 1 unspecified atom stereocenters. The van der Waals surface area contributed by atoms with Crippen molar-refractivity contribution < 1.29 is 9.18 Å². The number of piperidine rings is 1. The second kappa shape index (κ2) is 8.44. The van der Waals surface area contributed by atoms with Crippen LogP contribution in [0.1, 0.15) is 52.2 Å². The molecular weight excluding hydrogens is 351 g/mol. The highest BCUT2D eigenvalue weighted by molar-refractivity contribution is 5.94. The Morgan fingerprint density at radius 3 is 2.57 bits per heavy atom. The van der Waals surface area contributed by atoms with Gasteiger partial charge < -0.3 is 10.2 Å². The first kappa shape index (κ1) is 19.1. The summed E-state index contributed by atoms with van der Waals surface area (Å²) in [5, 5.41) is 3.40. The van der Waals surface area contributed by atoms with Crippen LogP contribution in [0.5, 0.6) is 0 Å². The molecule has 4 heteroatoms. The molecule has 0 aliphatic carbocycles. The molecule has 0 bridgehead atoms. The minimum absolute atomic E-state index is 0.120. The smallest absolute Gasteiger partial charge is 0.253 e. The molecule has 2 heterocycles. The number of carbonyl (C=O) groups is 1. The van der Waals surface area contributed by atoms with Crippen LogP contribution in [-0.4, -0.2) is 37.0 Å². The summed E-state index contributed by atoms with van der Waals surface area (Å²) in [6.07, 6.45) is 4.14. The Labute approximate surface area is 166 Å². The van der Waals surface area contributed by atoms with Crippen LogP contribution < -0.4 is 5.32 Å². The molecule has 1 atom stereocenters. The van der Waals surface area contributed by atoms with Crippen molar-refractivity contribution in [2.45, 2.75) is 38.5 Å². The van der Waals surface area contributed by atoms with Gasteiger partial charge in [-0.1, -0.05) is 24.3 Å². The maximum absolute atomic E-state index is 13.8. The van der Waals surface area contributed by atoms with Crippen LogP contribution in [0.4, 0.5) is 4.39 Å². The zero-order valence-electron chi connectivity index (χ0n) is 16.6. The number of rotatable bonds is 4. The fourth-order valence-corrected chi connectivity index (χ4v) is 4.52. The molecule has 3 nitrogen and oxygen atoms in total. The predicted octanol–water partition coefficient (Wildman–Crippen LogP) is 4.31. The maximum atomic E-state index is 13.8. The van der Waals surface area contributed by atoms with Crippen LogP contribution in [0.25, 0.3) is 0 Å². The van der Waals surface area contributed by atoms with Gasteiger partial charge in [0.05, 0.1) is 0 Å². The molecule has 0 radical (unpaired) electrons. The van der Waals surface area contributed by atoms with Gasteiger partial charge in [0.2, 0.25) is 0 Å². The van der Waals surface area contributed by atoms with Crippen LogP contribution in [0.3, 0.4) is 0 Å². The summed E-state index contributed by atoms with van der Waals surface area (Å²) in [5.41, 5.74) is 3.83. The average Bonchev–Trinajstić information content (AvgIpc) is 3.19. The Hall–Kier alpha value is -2.20. The van der Waals surface area contributed by atoms with Crippen molar-refractivity contribution >= 4 is 5.91 Å². The fraction of sp³-hybridized carbons (Fsp3) is 0.458. The molecule has 0 spiro atoms. The molecule has 2 aromatic rings. The van der Waals surface area contributed by atoms with Crippen molar-refractivity contribution in [1.29, 1.82) is 0 Å². The predicted molar refractivity (Wildman–Crippen MR) is 110 cm³/mol. The summed E-state index contributed by atoms with van der Waals surface area (Å²) in [7, 11) is 0. The molecule has 1 amide bonds. The lowest BCUT2D eigenvalue weighted by atomic mass is 9.90. The van der Waals surface area contributed by atoms with Gasteiger partial charge in [-0.2, -0.15) is 0 Å². The van der Waals surface area contributed by atoms with Gasteiger partial charge in [-0.05, 0) is 92.4 Å². The number of halogens is 1. The highest BCUT2D eigenvalue weighted by Crippen LogP contribution is 2.27. The molecule has 148 valence electrons. The number of aryl methyl sites for hydroxylation is 1. The lowest BCUT2D eigenvalue weighted by Crippen LogP contribution is -2.29. The van der Waals surface area contributed by atoms with Gasteiger partial charge in [0, 0.05) is 18.7 Å². The average molecular weight is 381 g/mol. The Morgan fingerprint density at radius 1 is 1.11 bits per heavy atom.